The molecule has 1 aromatic carbocycles. The number of alkyl halides is 3. The van der Waals surface area contributed by atoms with Crippen LogP contribution in [0, 0.1) is 0 Å². The summed E-state index contributed by atoms with van der Waals surface area (Å²) in [6.07, 6.45) is 4.40. The normalized spacial score (nSPS) is 20.4. The molecule has 0 spiro atoms. The number of halogens is 3. The molecular formula is C23H25F3N4O5S. The number of anilines is 1. The van der Waals surface area contributed by atoms with Gasteiger partial charge in [0.15, 0.2) is 6.23 Å². The molecule has 3 amide bonds. The van der Waals surface area contributed by atoms with E-state index in [-0.39, 0.29) is 5.69 Å². The van der Waals surface area contributed by atoms with E-state index >= 15 is 0 Å². The van der Waals surface area contributed by atoms with E-state index in [1.807, 2.05) is 0 Å². The van der Waals surface area contributed by atoms with Crippen LogP contribution in [0.25, 0.3) is 0 Å². The number of imide groups is 1. The monoisotopic (exact) mass is 526 g/mol. The highest BCUT2D eigenvalue weighted by Gasteiger charge is 2.49. The second-order valence-electron chi connectivity index (χ2n) is 8.53. The lowest BCUT2D eigenvalue weighted by Gasteiger charge is -2.30. The minimum atomic E-state index is -5.56. The first-order valence-corrected chi connectivity index (χ1v) is 12.8. The lowest BCUT2D eigenvalue weighted by Crippen LogP contribution is -2.39. The lowest BCUT2D eigenvalue weighted by molar-refractivity contribution is -0.122. The molecule has 0 saturated carbocycles. The standard InChI is InChI=1S/C23H25F3N4O5S/c1-16-20(31)30(18-4-6-19(7-5-18)36(33,34)23(24,25)26)22(32)29(16)21(17-8-10-27-11-9-17)35-15-14-28-12-2-3-13-28/h4-11,16,21H,2-3,12-15H2,1H3. The van der Waals surface area contributed by atoms with E-state index in [9.17, 15) is 31.2 Å². The van der Waals surface area contributed by atoms with Crippen molar-refractivity contribution in [2.24, 2.45) is 0 Å². The fourth-order valence-electron chi connectivity index (χ4n) is 4.30. The van der Waals surface area contributed by atoms with Crippen LogP contribution in [-0.4, -0.2) is 72.9 Å². The van der Waals surface area contributed by atoms with Crippen LogP contribution in [0.5, 0.6) is 0 Å². The van der Waals surface area contributed by atoms with Gasteiger partial charge in [-0.25, -0.2) is 18.1 Å². The van der Waals surface area contributed by atoms with Crippen LogP contribution in [0.15, 0.2) is 53.7 Å². The van der Waals surface area contributed by atoms with Crippen molar-refractivity contribution in [3.63, 3.8) is 0 Å². The Kier molecular flexibility index (Phi) is 7.34. The van der Waals surface area contributed by atoms with Crippen molar-refractivity contribution in [3.05, 3.63) is 54.4 Å². The number of ether oxygens (including phenoxy) is 1. The van der Waals surface area contributed by atoms with E-state index in [1.54, 1.807) is 12.1 Å². The van der Waals surface area contributed by atoms with Gasteiger partial charge >= 0.3 is 11.5 Å². The van der Waals surface area contributed by atoms with E-state index < -0.39 is 44.4 Å². The SMILES string of the molecule is CC1C(=O)N(c2ccc(S(=O)(=O)C(F)(F)F)cc2)C(=O)N1C(OCCN1CCCC1)c1ccncc1. The zero-order valence-corrected chi connectivity index (χ0v) is 20.2. The van der Waals surface area contributed by atoms with Crippen molar-refractivity contribution in [1.82, 2.24) is 14.8 Å². The van der Waals surface area contributed by atoms with Gasteiger partial charge in [-0.1, -0.05) is 0 Å². The minimum absolute atomic E-state index is 0.0500. The number of benzene rings is 1. The predicted molar refractivity (Wildman–Crippen MR) is 122 cm³/mol. The number of hydrogen-bond donors (Lipinski definition) is 0. The Labute approximate surface area is 206 Å². The number of carbonyl (C=O) groups excluding carboxylic acids is 2. The van der Waals surface area contributed by atoms with Crippen LogP contribution < -0.4 is 4.90 Å². The summed E-state index contributed by atoms with van der Waals surface area (Å²) in [5, 5.41) is 0. The van der Waals surface area contributed by atoms with Gasteiger partial charge in [0.05, 0.1) is 17.2 Å². The average Bonchev–Trinajstić information content (AvgIpc) is 3.44. The van der Waals surface area contributed by atoms with Crippen LogP contribution >= 0.6 is 0 Å². The second kappa shape index (κ2) is 10.1. The summed E-state index contributed by atoms with van der Waals surface area (Å²) >= 11 is 0. The van der Waals surface area contributed by atoms with Gasteiger partial charge in [0.2, 0.25) is 0 Å². The Hall–Kier alpha value is -3.03. The topological polar surface area (TPSA) is 100 Å². The van der Waals surface area contributed by atoms with E-state index in [0.29, 0.717) is 18.7 Å². The zero-order chi connectivity index (χ0) is 26.1. The number of hydrogen-bond acceptors (Lipinski definition) is 7. The highest BCUT2D eigenvalue weighted by atomic mass is 32.2. The molecule has 0 N–H and O–H groups in total. The highest BCUT2D eigenvalue weighted by molar-refractivity contribution is 7.92. The third-order valence-electron chi connectivity index (χ3n) is 6.24. The third kappa shape index (κ3) is 4.95. The largest absolute Gasteiger partial charge is 0.501 e. The first kappa shape index (κ1) is 26.0. The molecule has 0 radical (unpaired) electrons. The third-order valence-corrected chi connectivity index (χ3v) is 7.75. The summed E-state index contributed by atoms with van der Waals surface area (Å²) in [7, 11) is -5.56. The fourth-order valence-corrected chi connectivity index (χ4v) is 5.06. The van der Waals surface area contributed by atoms with E-state index in [4.69, 9.17) is 4.74 Å². The molecule has 2 aliphatic rings. The molecule has 2 aromatic rings. The molecule has 36 heavy (non-hydrogen) atoms. The van der Waals surface area contributed by atoms with E-state index in [0.717, 1.165) is 55.1 Å². The molecule has 0 bridgehead atoms. The average molecular weight is 527 g/mol. The van der Waals surface area contributed by atoms with Gasteiger partial charge in [0.25, 0.3) is 15.7 Å². The number of rotatable bonds is 8. The smallest absolute Gasteiger partial charge is 0.353 e. The molecule has 2 unspecified atom stereocenters. The first-order chi connectivity index (χ1) is 17.0. The number of nitrogens with zero attached hydrogens (tertiary/aromatic N) is 4. The molecule has 4 rings (SSSR count). The molecular weight excluding hydrogens is 501 g/mol. The Morgan fingerprint density at radius 3 is 2.25 bits per heavy atom. The van der Waals surface area contributed by atoms with Gasteiger partial charge in [-0.2, -0.15) is 13.2 Å². The van der Waals surface area contributed by atoms with Gasteiger partial charge in [-0.3, -0.25) is 14.7 Å². The Morgan fingerprint density at radius 1 is 1.06 bits per heavy atom. The fraction of sp³-hybridized carbons (Fsp3) is 0.435. The Bertz CT molecular complexity index is 1200. The molecule has 9 nitrogen and oxygen atoms in total. The van der Waals surface area contributed by atoms with Crippen molar-refractivity contribution in [1.29, 1.82) is 0 Å². The van der Waals surface area contributed by atoms with Crippen molar-refractivity contribution in [2.45, 2.75) is 42.4 Å². The Balaban J connectivity index is 1.59. The first-order valence-electron chi connectivity index (χ1n) is 11.3. The quantitative estimate of drug-likeness (QED) is 0.487. The summed E-state index contributed by atoms with van der Waals surface area (Å²) in [5.74, 6) is -0.617. The van der Waals surface area contributed by atoms with Crippen LogP contribution in [-0.2, 0) is 19.4 Å². The predicted octanol–water partition coefficient (Wildman–Crippen LogP) is 3.34. The number of likely N-dealkylation sites (tertiary alicyclic amines) is 1. The van der Waals surface area contributed by atoms with Gasteiger partial charge in [0, 0.05) is 24.5 Å². The number of carbonyl (C=O) groups is 2. The summed E-state index contributed by atoms with van der Waals surface area (Å²) in [6, 6.07) is 5.11. The van der Waals surface area contributed by atoms with Gasteiger partial charge in [-0.15, -0.1) is 0 Å². The van der Waals surface area contributed by atoms with Crippen LogP contribution in [0.3, 0.4) is 0 Å². The van der Waals surface area contributed by atoms with Crippen LogP contribution in [0.2, 0.25) is 0 Å². The van der Waals surface area contributed by atoms with Crippen molar-refractivity contribution in [2.75, 3.05) is 31.1 Å². The molecule has 1 aromatic heterocycles. The van der Waals surface area contributed by atoms with E-state index in [2.05, 4.69) is 9.88 Å². The van der Waals surface area contributed by atoms with Crippen molar-refractivity contribution in [3.8, 4) is 0 Å². The van der Waals surface area contributed by atoms with Gasteiger partial charge in [-0.05, 0) is 69.3 Å². The molecule has 3 heterocycles. The highest BCUT2D eigenvalue weighted by Crippen LogP contribution is 2.35. The number of urea groups is 1. The maximum absolute atomic E-state index is 13.4. The van der Waals surface area contributed by atoms with Crippen molar-refractivity contribution < 1.29 is 35.9 Å². The maximum Gasteiger partial charge on any atom is 0.501 e. The molecule has 2 fully saturated rings. The summed E-state index contributed by atoms with van der Waals surface area (Å²) < 4.78 is 68.0. The molecule has 194 valence electrons. The Morgan fingerprint density at radius 2 is 1.67 bits per heavy atom. The minimum Gasteiger partial charge on any atom is -0.353 e. The maximum atomic E-state index is 13.4. The van der Waals surface area contributed by atoms with Gasteiger partial charge in [0.1, 0.15) is 6.04 Å². The lowest BCUT2D eigenvalue weighted by atomic mass is 10.2. The van der Waals surface area contributed by atoms with Crippen LogP contribution in [0.1, 0.15) is 31.6 Å². The number of sulfone groups is 1. The molecule has 13 heteroatoms. The van der Waals surface area contributed by atoms with Gasteiger partial charge < -0.3 is 9.64 Å². The zero-order valence-electron chi connectivity index (χ0n) is 19.4. The molecule has 2 saturated heterocycles. The number of pyridine rings is 1. The summed E-state index contributed by atoms with van der Waals surface area (Å²) in [5.41, 5.74) is -4.91. The number of aromatic nitrogens is 1. The number of amides is 3. The molecule has 2 atom stereocenters. The molecule has 0 aliphatic carbocycles. The van der Waals surface area contributed by atoms with Crippen molar-refractivity contribution >= 4 is 27.5 Å². The van der Waals surface area contributed by atoms with Crippen LogP contribution in [0.4, 0.5) is 23.7 Å². The summed E-state index contributed by atoms with van der Waals surface area (Å²) in [6.45, 7) is 4.43. The second-order valence-corrected chi connectivity index (χ2v) is 10.5. The van der Waals surface area contributed by atoms with E-state index in [1.165, 1.54) is 24.2 Å². The summed E-state index contributed by atoms with van der Waals surface area (Å²) in [4.78, 5) is 33.8. The molecule has 2 aliphatic heterocycles.